The molecule has 2 aromatic carbocycles. The molecule has 0 aliphatic heterocycles. The van der Waals surface area contributed by atoms with Crippen molar-refractivity contribution in [1.29, 1.82) is 0 Å². The Kier molecular flexibility index (Phi) is 4.52. The van der Waals surface area contributed by atoms with Crippen molar-refractivity contribution in [3.05, 3.63) is 53.2 Å². The fourth-order valence-corrected chi connectivity index (χ4v) is 2.88. The molecule has 2 amide bonds. The van der Waals surface area contributed by atoms with Crippen molar-refractivity contribution in [3.8, 4) is 0 Å². The van der Waals surface area contributed by atoms with E-state index in [0.29, 0.717) is 22.7 Å². The molecule has 0 spiro atoms. The van der Waals surface area contributed by atoms with Gasteiger partial charge in [0.1, 0.15) is 5.69 Å². The highest BCUT2D eigenvalue weighted by Crippen LogP contribution is 2.25. The molecule has 128 valence electrons. The Hall–Kier alpha value is -3.15. The number of fused-ring (bicyclic) bond motifs is 1. The Morgan fingerprint density at radius 2 is 1.80 bits per heavy atom. The first-order chi connectivity index (χ1) is 11.9. The van der Waals surface area contributed by atoms with Gasteiger partial charge in [0.2, 0.25) is 11.8 Å². The monoisotopic (exact) mass is 337 g/mol. The van der Waals surface area contributed by atoms with Gasteiger partial charge in [-0.2, -0.15) is 0 Å². The highest BCUT2D eigenvalue weighted by Gasteiger charge is 2.15. The van der Waals surface area contributed by atoms with Gasteiger partial charge >= 0.3 is 0 Å². The first-order valence-electron chi connectivity index (χ1n) is 7.95. The van der Waals surface area contributed by atoms with E-state index in [4.69, 9.17) is 4.52 Å². The van der Waals surface area contributed by atoms with Crippen LogP contribution in [0.25, 0.3) is 11.0 Å². The topological polar surface area (TPSA) is 84.2 Å². The molecule has 3 rings (SSSR count). The van der Waals surface area contributed by atoms with Gasteiger partial charge in [-0.15, -0.1) is 0 Å². The molecular weight excluding hydrogens is 318 g/mol. The Morgan fingerprint density at radius 3 is 2.52 bits per heavy atom. The number of amides is 2. The minimum atomic E-state index is -0.199. The number of nitrogens with zero attached hydrogens (tertiary/aromatic N) is 1. The summed E-state index contributed by atoms with van der Waals surface area (Å²) in [6, 6.07) is 10.9. The SMILES string of the molecule is CC(=O)Nc1cccc(NC(=O)Cc2noc3cc(C)cc(C)c23)c1. The summed E-state index contributed by atoms with van der Waals surface area (Å²) in [5, 5.41) is 10.4. The van der Waals surface area contributed by atoms with E-state index < -0.39 is 0 Å². The van der Waals surface area contributed by atoms with E-state index in [0.717, 1.165) is 16.5 Å². The predicted molar refractivity (Wildman–Crippen MR) is 96.6 cm³/mol. The number of rotatable bonds is 4. The van der Waals surface area contributed by atoms with E-state index >= 15 is 0 Å². The van der Waals surface area contributed by atoms with Crippen LogP contribution in [0, 0.1) is 13.8 Å². The zero-order chi connectivity index (χ0) is 18.0. The van der Waals surface area contributed by atoms with Crippen molar-refractivity contribution in [2.75, 3.05) is 10.6 Å². The first-order valence-corrected chi connectivity index (χ1v) is 7.95. The summed E-state index contributed by atoms with van der Waals surface area (Å²) >= 11 is 0. The number of carbonyl (C=O) groups is 2. The van der Waals surface area contributed by atoms with Crippen LogP contribution in [0.15, 0.2) is 40.9 Å². The predicted octanol–water partition coefficient (Wildman–Crippen LogP) is 3.58. The molecule has 0 fully saturated rings. The van der Waals surface area contributed by atoms with Gasteiger partial charge in [-0.3, -0.25) is 9.59 Å². The van der Waals surface area contributed by atoms with Gasteiger partial charge in [0.05, 0.1) is 6.42 Å². The van der Waals surface area contributed by atoms with Gasteiger partial charge < -0.3 is 15.2 Å². The number of hydrogen-bond acceptors (Lipinski definition) is 4. The van der Waals surface area contributed by atoms with E-state index in [9.17, 15) is 9.59 Å². The largest absolute Gasteiger partial charge is 0.356 e. The molecule has 3 aromatic rings. The maximum absolute atomic E-state index is 12.4. The third-order valence-electron chi connectivity index (χ3n) is 3.78. The average molecular weight is 337 g/mol. The van der Waals surface area contributed by atoms with Crippen molar-refractivity contribution >= 4 is 34.2 Å². The van der Waals surface area contributed by atoms with Crippen LogP contribution in [0.1, 0.15) is 23.7 Å². The van der Waals surface area contributed by atoms with E-state index in [1.807, 2.05) is 26.0 Å². The normalized spacial score (nSPS) is 10.7. The lowest BCUT2D eigenvalue weighted by molar-refractivity contribution is -0.116. The fraction of sp³-hybridized carbons (Fsp3) is 0.211. The van der Waals surface area contributed by atoms with Crippen molar-refractivity contribution in [3.63, 3.8) is 0 Å². The molecule has 0 saturated carbocycles. The average Bonchev–Trinajstić information content (AvgIpc) is 2.89. The Morgan fingerprint density at radius 1 is 1.08 bits per heavy atom. The Labute approximate surface area is 145 Å². The van der Waals surface area contributed by atoms with Crippen molar-refractivity contribution in [2.45, 2.75) is 27.2 Å². The van der Waals surface area contributed by atoms with Crippen molar-refractivity contribution in [1.82, 2.24) is 5.16 Å². The lowest BCUT2D eigenvalue weighted by Crippen LogP contribution is -2.15. The molecule has 0 atom stereocenters. The van der Waals surface area contributed by atoms with E-state index in [1.54, 1.807) is 24.3 Å². The summed E-state index contributed by atoms with van der Waals surface area (Å²) < 4.78 is 5.35. The minimum Gasteiger partial charge on any atom is -0.356 e. The molecule has 0 unspecified atom stereocenters. The molecule has 6 heteroatoms. The molecule has 1 aromatic heterocycles. The molecule has 0 aliphatic rings. The Bertz CT molecular complexity index is 960. The molecule has 0 aliphatic carbocycles. The first kappa shape index (κ1) is 16.7. The van der Waals surface area contributed by atoms with Gasteiger partial charge in [0.15, 0.2) is 5.58 Å². The van der Waals surface area contributed by atoms with E-state index in [1.165, 1.54) is 6.92 Å². The lowest BCUT2D eigenvalue weighted by atomic mass is 10.0. The highest BCUT2D eigenvalue weighted by atomic mass is 16.5. The molecule has 0 radical (unpaired) electrons. The smallest absolute Gasteiger partial charge is 0.230 e. The third-order valence-corrected chi connectivity index (χ3v) is 3.78. The van der Waals surface area contributed by atoms with Gasteiger partial charge in [-0.25, -0.2) is 0 Å². The van der Waals surface area contributed by atoms with Gasteiger partial charge in [0.25, 0.3) is 0 Å². The zero-order valence-electron chi connectivity index (χ0n) is 14.3. The summed E-state index contributed by atoms with van der Waals surface area (Å²) in [5.74, 6) is -0.363. The maximum atomic E-state index is 12.4. The van der Waals surface area contributed by atoms with Crippen LogP contribution in [-0.2, 0) is 16.0 Å². The summed E-state index contributed by atoms with van der Waals surface area (Å²) in [6.07, 6.45) is 0.112. The fourth-order valence-electron chi connectivity index (χ4n) is 2.88. The third kappa shape index (κ3) is 3.85. The number of nitrogens with one attached hydrogen (secondary N) is 2. The highest BCUT2D eigenvalue weighted by molar-refractivity contribution is 5.96. The number of carbonyl (C=O) groups excluding carboxylic acids is 2. The molecule has 1 heterocycles. The van der Waals surface area contributed by atoms with Crippen LogP contribution in [0.2, 0.25) is 0 Å². The van der Waals surface area contributed by atoms with Crippen LogP contribution in [-0.4, -0.2) is 17.0 Å². The van der Waals surface area contributed by atoms with Gasteiger partial charge in [0, 0.05) is 23.7 Å². The van der Waals surface area contributed by atoms with Gasteiger partial charge in [-0.1, -0.05) is 17.3 Å². The van der Waals surface area contributed by atoms with Crippen LogP contribution < -0.4 is 10.6 Å². The molecule has 25 heavy (non-hydrogen) atoms. The number of hydrogen-bond donors (Lipinski definition) is 2. The van der Waals surface area contributed by atoms with E-state index in [2.05, 4.69) is 15.8 Å². The molecule has 0 saturated heterocycles. The van der Waals surface area contributed by atoms with Gasteiger partial charge in [-0.05, 0) is 49.2 Å². The number of anilines is 2. The maximum Gasteiger partial charge on any atom is 0.230 e. The van der Waals surface area contributed by atoms with Crippen LogP contribution in [0.5, 0.6) is 0 Å². The van der Waals surface area contributed by atoms with Crippen molar-refractivity contribution in [2.24, 2.45) is 0 Å². The van der Waals surface area contributed by atoms with Crippen LogP contribution in [0.4, 0.5) is 11.4 Å². The molecule has 0 bridgehead atoms. The summed E-state index contributed by atoms with van der Waals surface area (Å²) in [6.45, 7) is 5.40. The second-order valence-electron chi connectivity index (χ2n) is 6.07. The second kappa shape index (κ2) is 6.76. The number of aryl methyl sites for hydroxylation is 2. The standard InChI is InChI=1S/C19H19N3O3/c1-11-7-12(2)19-16(22-25-17(19)8-11)10-18(24)21-15-6-4-5-14(9-15)20-13(3)23/h4-9H,10H2,1-3H3,(H,20,23)(H,21,24). The Balaban J connectivity index is 1.76. The second-order valence-corrected chi connectivity index (χ2v) is 6.07. The molecular formula is C19H19N3O3. The number of benzene rings is 2. The van der Waals surface area contributed by atoms with Crippen molar-refractivity contribution < 1.29 is 14.1 Å². The molecule has 2 N–H and O–H groups in total. The summed E-state index contributed by atoms with van der Waals surface area (Å²) in [4.78, 5) is 23.5. The van der Waals surface area contributed by atoms with E-state index in [-0.39, 0.29) is 18.2 Å². The zero-order valence-corrected chi connectivity index (χ0v) is 14.3. The lowest BCUT2D eigenvalue weighted by Gasteiger charge is -2.07. The quantitative estimate of drug-likeness (QED) is 0.762. The summed E-state index contributed by atoms with van der Waals surface area (Å²) in [5.41, 5.74) is 4.66. The van der Waals surface area contributed by atoms with Crippen LogP contribution >= 0.6 is 0 Å². The van der Waals surface area contributed by atoms with Crippen LogP contribution in [0.3, 0.4) is 0 Å². The minimum absolute atomic E-state index is 0.112. The summed E-state index contributed by atoms with van der Waals surface area (Å²) in [7, 11) is 0. The number of aromatic nitrogens is 1. The molecule has 6 nitrogen and oxygen atoms in total.